The van der Waals surface area contributed by atoms with Crippen molar-refractivity contribution in [2.24, 2.45) is 5.41 Å². The number of H-pyrrole nitrogens is 1. The number of carbonyl (C=O) groups excluding carboxylic acids is 1. The van der Waals surface area contributed by atoms with Crippen LogP contribution in [0.25, 0.3) is 11.4 Å². The van der Waals surface area contributed by atoms with Gasteiger partial charge >= 0.3 is 0 Å². The van der Waals surface area contributed by atoms with E-state index in [0.717, 1.165) is 23.5 Å². The first kappa shape index (κ1) is 11.2. The molecule has 0 fully saturated rings. The average molecular weight is 240 g/mol. The molecule has 2 aromatic rings. The zero-order valence-corrected chi connectivity index (χ0v) is 10.7. The van der Waals surface area contributed by atoms with Gasteiger partial charge in [0.05, 0.1) is 0 Å². The van der Waals surface area contributed by atoms with Crippen molar-refractivity contribution < 1.29 is 4.79 Å². The molecule has 18 heavy (non-hydrogen) atoms. The minimum atomic E-state index is 0.0323. The summed E-state index contributed by atoms with van der Waals surface area (Å²) in [6.45, 7) is 4.24. The molecule has 1 N–H and O–H groups in total. The molecular formula is C15H16N2O. The van der Waals surface area contributed by atoms with Crippen LogP contribution in [-0.2, 0) is 6.42 Å². The molecule has 0 unspecified atom stereocenters. The number of hydrogen-bond donors (Lipinski definition) is 1. The van der Waals surface area contributed by atoms with Gasteiger partial charge in [0.2, 0.25) is 0 Å². The third kappa shape index (κ3) is 1.86. The van der Waals surface area contributed by atoms with E-state index in [9.17, 15) is 4.79 Å². The van der Waals surface area contributed by atoms with Crippen LogP contribution in [0.4, 0.5) is 0 Å². The second kappa shape index (κ2) is 3.80. The zero-order chi connectivity index (χ0) is 12.8. The van der Waals surface area contributed by atoms with Gasteiger partial charge in [-0.25, -0.2) is 4.98 Å². The molecule has 1 aliphatic carbocycles. The fourth-order valence-electron chi connectivity index (χ4n) is 2.56. The number of nitrogens with zero attached hydrogens (tertiary/aromatic N) is 1. The summed E-state index contributed by atoms with van der Waals surface area (Å²) >= 11 is 0. The summed E-state index contributed by atoms with van der Waals surface area (Å²) in [6.07, 6.45) is 1.47. The minimum Gasteiger partial charge on any atom is -0.341 e. The largest absolute Gasteiger partial charge is 0.341 e. The Bertz CT molecular complexity index is 596. The first-order chi connectivity index (χ1) is 8.55. The summed E-state index contributed by atoms with van der Waals surface area (Å²) < 4.78 is 0. The quantitative estimate of drug-likeness (QED) is 0.831. The van der Waals surface area contributed by atoms with Crippen LogP contribution in [0.2, 0.25) is 0 Å². The third-order valence-electron chi connectivity index (χ3n) is 3.38. The summed E-state index contributed by atoms with van der Waals surface area (Å²) in [5, 5.41) is 0. The molecule has 1 heterocycles. The Hall–Kier alpha value is -1.90. The lowest BCUT2D eigenvalue weighted by Crippen LogP contribution is -2.26. The number of Topliss-reactive ketones (excluding diaryl/α,β-unsaturated/α-hetero) is 1. The molecule has 0 amide bonds. The van der Waals surface area contributed by atoms with Crippen LogP contribution in [0.3, 0.4) is 0 Å². The van der Waals surface area contributed by atoms with E-state index in [0.29, 0.717) is 12.1 Å². The van der Waals surface area contributed by atoms with Crippen molar-refractivity contribution in [3.63, 3.8) is 0 Å². The maximum Gasteiger partial charge on any atom is 0.183 e. The molecule has 0 saturated heterocycles. The van der Waals surface area contributed by atoms with Gasteiger partial charge in [0.25, 0.3) is 0 Å². The summed E-state index contributed by atoms with van der Waals surface area (Å²) in [5.41, 5.74) is 2.67. The van der Waals surface area contributed by atoms with E-state index in [4.69, 9.17) is 0 Å². The number of aromatic nitrogens is 2. The number of fused-ring (bicyclic) bond motifs is 1. The standard InChI is InChI=1S/C15H16N2O/c1-15(2)8-11-13(12(18)9-15)17-14(16-11)10-6-4-3-5-7-10/h3-7H,8-9H2,1-2H3,(H,16,17). The van der Waals surface area contributed by atoms with Crippen LogP contribution >= 0.6 is 0 Å². The lowest BCUT2D eigenvalue weighted by molar-refractivity contribution is 0.0906. The molecule has 0 bridgehead atoms. The smallest absolute Gasteiger partial charge is 0.183 e. The Kier molecular flexibility index (Phi) is 2.37. The maximum absolute atomic E-state index is 12.1. The summed E-state index contributed by atoms with van der Waals surface area (Å²) in [4.78, 5) is 19.8. The second-order valence-corrected chi connectivity index (χ2v) is 5.72. The lowest BCUT2D eigenvalue weighted by atomic mass is 9.77. The highest BCUT2D eigenvalue weighted by Gasteiger charge is 2.33. The van der Waals surface area contributed by atoms with Crippen molar-refractivity contribution in [1.82, 2.24) is 9.97 Å². The van der Waals surface area contributed by atoms with Gasteiger partial charge in [-0.05, 0) is 11.8 Å². The van der Waals surface area contributed by atoms with Crippen molar-refractivity contribution in [2.45, 2.75) is 26.7 Å². The Labute approximate surface area is 106 Å². The molecule has 3 heteroatoms. The molecule has 1 aliphatic rings. The Morgan fingerprint density at radius 3 is 2.61 bits per heavy atom. The zero-order valence-electron chi connectivity index (χ0n) is 10.7. The van der Waals surface area contributed by atoms with E-state index in [1.54, 1.807) is 0 Å². The summed E-state index contributed by atoms with van der Waals surface area (Å²) in [7, 11) is 0. The van der Waals surface area contributed by atoms with Crippen molar-refractivity contribution in [3.05, 3.63) is 41.7 Å². The number of nitrogens with one attached hydrogen (secondary N) is 1. The highest BCUT2D eigenvalue weighted by atomic mass is 16.1. The van der Waals surface area contributed by atoms with Gasteiger partial charge in [0, 0.05) is 17.7 Å². The van der Waals surface area contributed by atoms with E-state index < -0.39 is 0 Å². The highest BCUT2D eigenvalue weighted by Crippen LogP contribution is 2.34. The van der Waals surface area contributed by atoms with Gasteiger partial charge in [-0.3, -0.25) is 4.79 Å². The fourth-order valence-corrected chi connectivity index (χ4v) is 2.56. The molecule has 3 rings (SSSR count). The number of benzene rings is 1. The molecule has 1 aromatic heterocycles. The summed E-state index contributed by atoms with van der Waals surface area (Å²) in [6, 6.07) is 9.92. The molecule has 0 spiro atoms. The Balaban J connectivity index is 2.06. The predicted octanol–water partition coefficient (Wildman–Crippen LogP) is 3.23. The average Bonchev–Trinajstić information content (AvgIpc) is 2.72. The maximum atomic E-state index is 12.1. The molecule has 0 radical (unpaired) electrons. The van der Waals surface area contributed by atoms with Crippen molar-refractivity contribution in [3.8, 4) is 11.4 Å². The number of rotatable bonds is 1. The van der Waals surface area contributed by atoms with Gasteiger partial charge < -0.3 is 4.98 Å². The van der Waals surface area contributed by atoms with E-state index in [-0.39, 0.29) is 11.2 Å². The number of ketones is 1. The van der Waals surface area contributed by atoms with E-state index in [1.807, 2.05) is 30.3 Å². The van der Waals surface area contributed by atoms with E-state index in [2.05, 4.69) is 23.8 Å². The molecular weight excluding hydrogens is 224 g/mol. The van der Waals surface area contributed by atoms with Crippen LogP contribution in [0.1, 0.15) is 36.5 Å². The SMILES string of the molecule is CC1(C)CC(=O)c2nc(-c3ccccc3)[nH]c2C1. The lowest BCUT2D eigenvalue weighted by Gasteiger charge is -2.27. The summed E-state index contributed by atoms with van der Waals surface area (Å²) in [5.74, 6) is 0.950. The Morgan fingerprint density at radius 1 is 1.17 bits per heavy atom. The monoisotopic (exact) mass is 240 g/mol. The minimum absolute atomic E-state index is 0.0323. The number of imidazole rings is 1. The molecule has 0 atom stereocenters. The van der Waals surface area contributed by atoms with Crippen molar-refractivity contribution in [1.29, 1.82) is 0 Å². The van der Waals surface area contributed by atoms with Crippen LogP contribution in [0, 0.1) is 5.41 Å². The first-order valence-electron chi connectivity index (χ1n) is 6.23. The third-order valence-corrected chi connectivity index (χ3v) is 3.38. The second-order valence-electron chi connectivity index (χ2n) is 5.72. The Morgan fingerprint density at radius 2 is 1.89 bits per heavy atom. The van der Waals surface area contributed by atoms with Crippen LogP contribution < -0.4 is 0 Å². The molecule has 1 aromatic carbocycles. The number of aromatic amines is 1. The predicted molar refractivity (Wildman–Crippen MR) is 70.5 cm³/mol. The van der Waals surface area contributed by atoms with Gasteiger partial charge in [-0.15, -0.1) is 0 Å². The fraction of sp³-hybridized carbons (Fsp3) is 0.333. The van der Waals surface area contributed by atoms with Crippen molar-refractivity contribution in [2.75, 3.05) is 0 Å². The molecule has 0 aliphatic heterocycles. The normalized spacial score (nSPS) is 17.6. The highest BCUT2D eigenvalue weighted by molar-refractivity contribution is 5.97. The molecule has 92 valence electrons. The first-order valence-corrected chi connectivity index (χ1v) is 6.23. The van der Waals surface area contributed by atoms with Gasteiger partial charge in [-0.2, -0.15) is 0 Å². The van der Waals surface area contributed by atoms with Gasteiger partial charge in [0.15, 0.2) is 5.78 Å². The molecule has 3 nitrogen and oxygen atoms in total. The van der Waals surface area contributed by atoms with Crippen molar-refractivity contribution >= 4 is 5.78 Å². The van der Waals surface area contributed by atoms with E-state index in [1.165, 1.54) is 0 Å². The van der Waals surface area contributed by atoms with Gasteiger partial charge in [0.1, 0.15) is 11.5 Å². The van der Waals surface area contributed by atoms with Crippen LogP contribution in [-0.4, -0.2) is 15.8 Å². The van der Waals surface area contributed by atoms with Crippen LogP contribution in [0.15, 0.2) is 30.3 Å². The molecule has 0 saturated carbocycles. The van der Waals surface area contributed by atoms with Gasteiger partial charge in [-0.1, -0.05) is 44.2 Å². The number of hydrogen-bond acceptors (Lipinski definition) is 2. The van der Waals surface area contributed by atoms with E-state index >= 15 is 0 Å². The van der Waals surface area contributed by atoms with Crippen LogP contribution in [0.5, 0.6) is 0 Å². The topological polar surface area (TPSA) is 45.8 Å². The number of carbonyl (C=O) groups is 1.